The summed E-state index contributed by atoms with van der Waals surface area (Å²) < 4.78 is 90.9. The number of thioether (sulfide) groups is 1. The lowest BCUT2D eigenvalue weighted by Crippen LogP contribution is -2.51. The van der Waals surface area contributed by atoms with Gasteiger partial charge in [-0.1, -0.05) is 0 Å². The Kier molecular flexibility index (Phi) is 7.31. The van der Waals surface area contributed by atoms with Gasteiger partial charge in [0.15, 0.2) is 0 Å². The molecule has 0 aromatic heterocycles. The standard InChI is InChI=1S/C11H15F7O2S/c1-7(8(19)20-2)21-6-4-3-5-9(12,13)10(14,15)11(16,17)18/h7H,3-6H2,1-2H3. The van der Waals surface area contributed by atoms with Crippen molar-refractivity contribution in [3.63, 3.8) is 0 Å². The van der Waals surface area contributed by atoms with Gasteiger partial charge in [-0.3, -0.25) is 4.79 Å². The topological polar surface area (TPSA) is 26.3 Å². The number of alkyl halides is 7. The minimum Gasteiger partial charge on any atom is -0.468 e. The summed E-state index contributed by atoms with van der Waals surface area (Å²) in [6.07, 6.45) is -8.40. The molecule has 0 N–H and O–H groups in total. The Labute approximate surface area is 121 Å². The molecule has 0 saturated heterocycles. The Hall–Kier alpha value is -0.670. The third-order valence-electron chi connectivity index (χ3n) is 2.60. The fourth-order valence-electron chi connectivity index (χ4n) is 1.31. The average molecular weight is 344 g/mol. The second-order valence-corrected chi connectivity index (χ2v) is 5.72. The quantitative estimate of drug-likeness (QED) is 0.373. The minimum absolute atomic E-state index is 0.0183. The molecule has 0 saturated carbocycles. The van der Waals surface area contributed by atoms with Gasteiger partial charge in [-0.2, -0.15) is 30.7 Å². The first-order valence-corrected chi connectivity index (χ1v) is 6.93. The number of carbonyl (C=O) groups excluding carboxylic acids is 1. The molecule has 2 nitrogen and oxygen atoms in total. The monoisotopic (exact) mass is 344 g/mol. The lowest BCUT2D eigenvalue weighted by Gasteiger charge is -2.28. The highest BCUT2D eigenvalue weighted by atomic mass is 32.2. The molecular weight excluding hydrogens is 329 g/mol. The first-order valence-electron chi connectivity index (χ1n) is 5.88. The number of methoxy groups -OCH3 is 1. The zero-order valence-electron chi connectivity index (χ0n) is 11.3. The van der Waals surface area contributed by atoms with Crippen LogP contribution in [0.15, 0.2) is 0 Å². The van der Waals surface area contributed by atoms with E-state index >= 15 is 0 Å². The van der Waals surface area contributed by atoms with E-state index in [9.17, 15) is 35.5 Å². The van der Waals surface area contributed by atoms with Crippen LogP contribution >= 0.6 is 11.8 Å². The predicted octanol–water partition coefficient (Wildman–Crippen LogP) is 4.28. The van der Waals surface area contributed by atoms with Gasteiger partial charge in [0.25, 0.3) is 0 Å². The van der Waals surface area contributed by atoms with Crippen molar-refractivity contribution in [1.29, 1.82) is 0 Å². The van der Waals surface area contributed by atoms with Crippen LogP contribution in [0.25, 0.3) is 0 Å². The summed E-state index contributed by atoms with van der Waals surface area (Å²) in [6, 6.07) is 0. The van der Waals surface area contributed by atoms with Crippen molar-refractivity contribution in [2.24, 2.45) is 0 Å². The Bertz CT molecular complexity index is 344. The number of halogens is 7. The molecule has 0 aliphatic heterocycles. The lowest BCUT2D eigenvalue weighted by atomic mass is 10.0. The van der Waals surface area contributed by atoms with Crippen LogP contribution < -0.4 is 0 Å². The number of hydrogen-bond acceptors (Lipinski definition) is 3. The van der Waals surface area contributed by atoms with Crippen LogP contribution in [0.2, 0.25) is 0 Å². The number of hydrogen-bond donors (Lipinski definition) is 0. The van der Waals surface area contributed by atoms with Gasteiger partial charge in [-0.05, 0) is 25.5 Å². The van der Waals surface area contributed by atoms with Crippen LogP contribution in [-0.4, -0.2) is 42.1 Å². The van der Waals surface area contributed by atoms with Crippen LogP contribution in [-0.2, 0) is 9.53 Å². The molecule has 0 aromatic rings. The van der Waals surface area contributed by atoms with E-state index in [4.69, 9.17) is 0 Å². The van der Waals surface area contributed by atoms with Crippen molar-refractivity contribution in [1.82, 2.24) is 0 Å². The highest BCUT2D eigenvalue weighted by Gasteiger charge is 2.72. The number of ether oxygens (including phenoxy) is 1. The maximum Gasteiger partial charge on any atom is 0.459 e. The van der Waals surface area contributed by atoms with Gasteiger partial charge < -0.3 is 4.74 Å². The molecule has 21 heavy (non-hydrogen) atoms. The van der Waals surface area contributed by atoms with Crippen molar-refractivity contribution < 1.29 is 40.3 Å². The summed E-state index contributed by atoms with van der Waals surface area (Å²) in [6.45, 7) is 1.50. The van der Waals surface area contributed by atoms with E-state index in [0.717, 1.165) is 11.8 Å². The third-order valence-corrected chi connectivity index (χ3v) is 3.82. The van der Waals surface area contributed by atoms with Crippen molar-refractivity contribution in [3.05, 3.63) is 0 Å². The van der Waals surface area contributed by atoms with E-state index in [1.807, 2.05) is 0 Å². The van der Waals surface area contributed by atoms with Gasteiger partial charge in [0.05, 0.1) is 12.4 Å². The largest absolute Gasteiger partial charge is 0.468 e. The molecule has 0 radical (unpaired) electrons. The Morgan fingerprint density at radius 1 is 1.10 bits per heavy atom. The van der Waals surface area contributed by atoms with E-state index in [1.54, 1.807) is 0 Å². The van der Waals surface area contributed by atoms with Gasteiger partial charge in [0.2, 0.25) is 0 Å². The Balaban J connectivity index is 4.21. The molecule has 1 atom stereocenters. The summed E-state index contributed by atoms with van der Waals surface area (Å²) in [4.78, 5) is 11.0. The Morgan fingerprint density at radius 3 is 2.05 bits per heavy atom. The molecule has 0 aliphatic carbocycles. The first kappa shape index (κ1) is 20.3. The van der Waals surface area contributed by atoms with E-state index in [1.165, 1.54) is 14.0 Å². The van der Waals surface area contributed by atoms with Gasteiger partial charge >= 0.3 is 24.0 Å². The molecule has 0 rings (SSSR count). The van der Waals surface area contributed by atoms with Crippen molar-refractivity contribution in [2.45, 2.75) is 49.5 Å². The molecule has 126 valence electrons. The summed E-state index contributed by atoms with van der Waals surface area (Å²) in [7, 11) is 1.17. The molecule has 0 amide bonds. The molecule has 0 spiro atoms. The molecule has 10 heteroatoms. The summed E-state index contributed by atoms with van der Waals surface area (Å²) >= 11 is 1.04. The maximum absolute atomic E-state index is 12.9. The van der Waals surface area contributed by atoms with E-state index < -0.39 is 42.1 Å². The highest BCUT2D eigenvalue weighted by molar-refractivity contribution is 8.00. The lowest BCUT2D eigenvalue weighted by molar-refractivity contribution is -0.355. The van der Waals surface area contributed by atoms with Crippen LogP contribution in [0.1, 0.15) is 26.2 Å². The predicted molar refractivity (Wildman–Crippen MR) is 63.7 cm³/mol. The molecule has 0 aliphatic rings. The molecule has 1 unspecified atom stereocenters. The van der Waals surface area contributed by atoms with Crippen molar-refractivity contribution >= 4 is 17.7 Å². The number of carbonyl (C=O) groups is 1. The van der Waals surface area contributed by atoms with E-state index in [-0.39, 0.29) is 12.2 Å². The Morgan fingerprint density at radius 2 is 1.62 bits per heavy atom. The molecule has 0 heterocycles. The van der Waals surface area contributed by atoms with Gasteiger partial charge in [0, 0.05) is 6.42 Å². The normalized spacial score (nSPS) is 14.9. The number of esters is 1. The van der Waals surface area contributed by atoms with Crippen molar-refractivity contribution in [3.8, 4) is 0 Å². The van der Waals surface area contributed by atoms with E-state index in [0.29, 0.717) is 0 Å². The minimum atomic E-state index is -6.29. The van der Waals surface area contributed by atoms with Gasteiger partial charge in [0.1, 0.15) is 0 Å². The smallest absolute Gasteiger partial charge is 0.459 e. The van der Waals surface area contributed by atoms with Crippen LogP contribution in [0.5, 0.6) is 0 Å². The fourth-order valence-corrected chi connectivity index (χ4v) is 2.26. The molecule has 0 fully saturated rings. The van der Waals surface area contributed by atoms with Gasteiger partial charge in [-0.15, -0.1) is 11.8 Å². The molecular formula is C11H15F7O2S. The van der Waals surface area contributed by atoms with Crippen molar-refractivity contribution in [2.75, 3.05) is 12.9 Å². The zero-order chi connectivity index (χ0) is 16.9. The SMILES string of the molecule is COC(=O)C(C)SCCCCC(F)(F)C(F)(F)C(F)(F)F. The number of unbranched alkanes of at least 4 members (excludes halogenated alkanes) is 1. The molecule has 0 bridgehead atoms. The molecule has 0 aromatic carbocycles. The summed E-state index contributed by atoms with van der Waals surface area (Å²) in [5, 5.41) is -0.563. The third kappa shape index (κ3) is 5.55. The summed E-state index contributed by atoms with van der Waals surface area (Å²) in [5.41, 5.74) is 0. The van der Waals surface area contributed by atoms with Gasteiger partial charge in [-0.25, -0.2) is 0 Å². The fraction of sp³-hybridized carbons (Fsp3) is 0.909. The van der Waals surface area contributed by atoms with Crippen LogP contribution in [0.4, 0.5) is 30.7 Å². The van der Waals surface area contributed by atoms with Crippen LogP contribution in [0.3, 0.4) is 0 Å². The van der Waals surface area contributed by atoms with E-state index in [2.05, 4.69) is 4.74 Å². The number of rotatable bonds is 8. The second-order valence-electron chi connectivity index (χ2n) is 4.27. The van der Waals surface area contributed by atoms with Crippen LogP contribution in [0, 0.1) is 0 Å². The summed E-state index contributed by atoms with van der Waals surface area (Å²) in [5.74, 6) is -11.6. The maximum atomic E-state index is 12.9. The highest BCUT2D eigenvalue weighted by Crippen LogP contribution is 2.48. The average Bonchev–Trinajstić information content (AvgIpc) is 2.35. The first-order chi connectivity index (χ1) is 9.37. The second kappa shape index (κ2) is 7.55. The zero-order valence-corrected chi connectivity index (χ0v) is 12.1.